The molecule has 2 aliphatic rings. The van der Waals surface area contributed by atoms with Crippen molar-refractivity contribution in [1.29, 1.82) is 0 Å². The van der Waals surface area contributed by atoms with Crippen molar-refractivity contribution < 1.29 is 19.4 Å². The fourth-order valence-electron chi connectivity index (χ4n) is 2.94. The summed E-state index contributed by atoms with van der Waals surface area (Å²) in [4.78, 5) is 11.1. The van der Waals surface area contributed by atoms with Crippen LogP contribution in [0.25, 0.3) is 0 Å². The molecule has 2 atom stereocenters. The maximum absolute atomic E-state index is 11.1. The first-order chi connectivity index (χ1) is 7.19. The Morgan fingerprint density at radius 1 is 1.47 bits per heavy atom. The molecule has 2 fully saturated rings. The third kappa shape index (κ3) is 1.76. The average molecular weight is 214 g/mol. The Balaban J connectivity index is 2.16. The van der Waals surface area contributed by atoms with Crippen LogP contribution in [0.3, 0.4) is 0 Å². The van der Waals surface area contributed by atoms with Crippen LogP contribution >= 0.6 is 0 Å². The molecule has 0 radical (unpaired) electrons. The van der Waals surface area contributed by atoms with E-state index in [0.29, 0.717) is 13.0 Å². The molecule has 0 aromatic carbocycles. The molecule has 86 valence electrons. The van der Waals surface area contributed by atoms with Crippen LogP contribution in [-0.4, -0.2) is 36.5 Å². The van der Waals surface area contributed by atoms with Crippen LogP contribution in [0.15, 0.2) is 0 Å². The van der Waals surface area contributed by atoms with Crippen LogP contribution < -0.4 is 0 Å². The molecule has 1 saturated carbocycles. The second-order valence-electron chi connectivity index (χ2n) is 4.50. The predicted octanol–water partition coefficient (Wildman–Crippen LogP) is 1.44. The number of methoxy groups -OCH3 is 1. The van der Waals surface area contributed by atoms with Crippen LogP contribution in [0.1, 0.15) is 32.1 Å². The molecule has 0 spiro atoms. The Bertz CT molecular complexity index is 245. The monoisotopic (exact) mass is 214 g/mol. The molecule has 4 nitrogen and oxygen atoms in total. The summed E-state index contributed by atoms with van der Waals surface area (Å²) < 4.78 is 11.2. The van der Waals surface area contributed by atoms with Crippen molar-refractivity contribution in [3.63, 3.8) is 0 Å². The van der Waals surface area contributed by atoms with Gasteiger partial charge >= 0.3 is 5.97 Å². The van der Waals surface area contributed by atoms with Gasteiger partial charge in [0.15, 0.2) is 0 Å². The van der Waals surface area contributed by atoms with E-state index in [1.807, 2.05) is 0 Å². The number of aliphatic carboxylic acids is 1. The lowest BCUT2D eigenvalue weighted by molar-refractivity contribution is -0.156. The van der Waals surface area contributed by atoms with Gasteiger partial charge in [0, 0.05) is 13.7 Å². The maximum Gasteiger partial charge on any atom is 0.309 e. The summed E-state index contributed by atoms with van der Waals surface area (Å²) in [5, 5.41) is 9.12. The molecule has 0 aromatic heterocycles. The minimum absolute atomic E-state index is 0.248. The third-order valence-corrected chi connectivity index (χ3v) is 3.78. The summed E-state index contributed by atoms with van der Waals surface area (Å²) >= 11 is 0. The highest BCUT2D eigenvalue weighted by Crippen LogP contribution is 2.42. The topological polar surface area (TPSA) is 55.8 Å². The van der Waals surface area contributed by atoms with Gasteiger partial charge in [0.05, 0.1) is 17.6 Å². The number of carboxylic acids is 1. The number of carbonyl (C=O) groups is 1. The molecule has 0 aromatic rings. The van der Waals surface area contributed by atoms with E-state index in [1.165, 1.54) is 0 Å². The highest BCUT2D eigenvalue weighted by Gasteiger charge is 2.50. The first-order valence-corrected chi connectivity index (χ1v) is 5.59. The van der Waals surface area contributed by atoms with Crippen LogP contribution in [-0.2, 0) is 14.3 Å². The molecule has 15 heavy (non-hydrogen) atoms. The molecule has 2 unspecified atom stereocenters. The van der Waals surface area contributed by atoms with E-state index < -0.39 is 5.97 Å². The van der Waals surface area contributed by atoms with Crippen molar-refractivity contribution in [1.82, 2.24) is 0 Å². The number of rotatable bonds is 3. The van der Waals surface area contributed by atoms with E-state index in [-0.39, 0.29) is 17.6 Å². The standard InChI is InChI=1S/C11H18O4/c1-14-11(5-2-3-6-11)9-8(10(12)13)4-7-15-9/h8-9H,2-7H2,1H3,(H,12,13). The van der Waals surface area contributed by atoms with Crippen LogP contribution in [0.5, 0.6) is 0 Å². The summed E-state index contributed by atoms with van der Waals surface area (Å²) in [6.07, 6.45) is 4.45. The van der Waals surface area contributed by atoms with Crippen molar-refractivity contribution in [3.8, 4) is 0 Å². The Morgan fingerprint density at radius 3 is 2.67 bits per heavy atom. The van der Waals surface area contributed by atoms with E-state index in [2.05, 4.69) is 0 Å². The van der Waals surface area contributed by atoms with Gasteiger partial charge in [-0.3, -0.25) is 4.79 Å². The summed E-state index contributed by atoms with van der Waals surface area (Å²) in [6, 6.07) is 0. The lowest BCUT2D eigenvalue weighted by Gasteiger charge is -2.35. The van der Waals surface area contributed by atoms with Gasteiger partial charge in [-0.2, -0.15) is 0 Å². The number of hydrogen-bond acceptors (Lipinski definition) is 3. The lowest BCUT2D eigenvalue weighted by atomic mass is 9.85. The van der Waals surface area contributed by atoms with E-state index in [4.69, 9.17) is 14.6 Å². The fraction of sp³-hybridized carbons (Fsp3) is 0.909. The van der Waals surface area contributed by atoms with Gasteiger partial charge in [-0.1, -0.05) is 12.8 Å². The van der Waals surface area contributed by atoms with Crippen molar-refractivity contribution in [3.05, 3.63) is 0 Å². The smallest absolute Gasteiger partial charge is 0.309 e. The number of ether oxygens (including phenoxy) is 2. The van der Waals surface area contributed by atoms with E-state index >= 15 is 0 Å². The van der Waals surface area contributed by atoms with Gasteiger partial charge < -0.3 is 14.6 Å². The van der Waals surface area contributed by atoms with Gasteiger partial charge in [-0.15, -0.1) is 0 Å². The predicted molar refractivity (Wildman–Crippen MR) is 53.7 cm³/mol. The first-order valence-electron chi connectivity index (χ1n) is 5.59. The van der Waals surface area contributed by atoms with Gasteiger partial charge in [0.2, 0.25) is 0 Å². The van der Waals surface area contributed by atoms with E-state index in [1.54, 1.807) is 7.11 Å². The lowest BCUT2D eigenvalue weighted by Crippen LogP contribution is -2.46. The SMILES string of the molecule is COC1(C2OCCC2C(=O)O)CCCC1. The summed E-state index contributed by atoms with van der Waals surface area (Å²) in [6.45, 7) is 0.548. The fourth-order valence-corrected chi connectivity index (χ4v) is 2.94. The molecule has 0 amide bonds. The zero-order valence-electron chi connectivity index (χ0n) is 9.07. The van der Waals surface area contributed by atoms with Crippen LogP contribution in [0.4, 0.5) is 0 Å². The Morgan fingerprint density at radius 2 is 2.13 bits per heavy atom. The largest absolute Gasteiger partial charge is 0.481 e. The molecule has 4 heteroatoms. The molecule has 1 heterocycles. The normalized spacial score (nSPS) is 34.5. The number of hydrogen-bond donors (Lipinski definition) is 1. The Kier molecular flexibility index (Phi) is 2.98. The van der Waals surface area contributed by atoms with Gasteiger partial charge in [-0.25, -0.2) is 0 Å². The molecular weight excluding hydrogens is 196 g/mol. The second kappa shape index (κ2) is 4.10. The Labute approximate surface area is 89.6 Å². The summed E-state index contributed by atoms with van der Waals surface area (Å²) in [5.74, 6) is -1.14. The highest BCUT2D eigenvalue weighted by atomic mass is 16.5. The summed E-state index contributed by atoms with van der Waals surface area (Å²) in [5.41, 5.74) is -0.334. The van der Waals surface area contributed by atoms with Crippen molar-refractivity contribution in [2.75, 3.05) is 13.7 Å². The van der Waals surface area contributed by atoms with Crippen molar-refractivity contribution >= 4 is 5.97 Å². The third-order valence-electron chi connectivity index (χ3n) is 3.78. The molecular formula is C11H18O4. The molecule has 2 rings (SSSR count). The minimum Gasteiger partial charge on any atom is -0.481 e. The van der Waals surface area contributed by atoms with Gasteiger partial charge in [0.1, 0.15) is 0 Å². The van der Waals surface area contributed by atoms with Crippen LogP contribution in [0.2, 0.25) is 0 Å². The van der Waals surface area contributed by atoms with Gasteiger partial charge in [0.25, 0.3) is 0 Å². The Hall–Kier alpha value is -0.610. The zero-order chi connectivity index (χ0) is 10.9. The summed E-state index contributed by atoms with van der Waals surface area (Å²) in [7, 11) is 1.67. The second-order valence-corrected chi connectivity index (χ2v) is 4.50. The van der Waals surface area contributed by atoms with Gasteiger partial charge in [-0.05, 0) is 19.3 Å². The number of carboxylic acid groups (broad SMARTS) is 1. The minimum atomic E-state index is -0.749. The van der Waals surface area contributed by atoms with Crippen molar-refractivity contribution in [2.45, 2.75) is 43.8 Å². The molecule has 1 aliphatic heterocycles. The van der Waals surface area contributed by atoms with Crippen LogP contribution in [0, 0.1) is 5.92 Å². The molecule has 1 saturated heterocycles. The maximum atomic E-state index is 11.1. The molecule has 0 bridgehead atoms. The van der Waals surface area contributed by atoms with E-state index in [0.717, 1.165) is 25.7 Å². The zero-order valence-corrected chi connectivity index (χ0v) is 9.07. The highest BCUT2D eigenvalue weighted by molar-refractivity contribution is 5.71. The molecule has 1 aliphatic carbocycles. The quantitative estimate of drug-likeness (QED) is 0.772. The molecule has 1 N–H and O–H groups in total. The van der Waals surface area contributed by atoms with E-state index in [9.17, 15) is 4.79 Å². The average Bonchev–Trinajstić information content (AvgIpc) is 2.87. The first kappa shape index (κ1) is 10.9. The van der Waals surface area contributed by atoms with Crippen molar-refractivity contribution in [2.24, 2.45) is 5.92 Å².